The second kappa shape index (κ2) is 7.09. The van der Waals surface area contributed by atoms with Crippen molar-refractivity contribution >= 4 is 44.2 Å². The number of aromatic nitrogens is 1. The van der Waals surface area contributed by atoms with Crippen molar-refractivity contribution in [2.45, 2.75) is 12.8 Å². The third-order valence-corrected chi connectivity index (χ3v) is 5.04. The topological polar surface area (TPSA) is 60.5 Å². The first-order valence-electron chi connectivity index (χ1n) is 8.02. The minimum absolute atomic E-state index is 0.112. The Labute approximate surface area is 157 Å². The number of rotatable bonds is 3. The predicted molar refractivity (Wildman–Crippen MR) is 99.0 cm³/mol. The highest BCUT2D eigenvalue weighted by molar-refractivity contribution is 7.22. The van der Waals surface area contributed by atoms with Crippen LogP contribution in [0.25, 0.3) is 10.2 Å². The van der Waals surface area contributed by atoms with Crippen molar-refractivity contribution in [2.75, 3.05) is 18.5 Å². The van der Waals surface area contributed by atoms with Crippen LogP contribution in [0.5, 0.6) is 11.5 Å². The summed E-state index contributed by atoms with van der Waals surface area (Å²) in [5.41, 5.74) is 1.36. The summed E-state index contributed by atoms with van der Waals surface area (Å²) in [4.78, 5) is 16.6. The minimum Gasteiger partial charge on any atom is -0.489 e. The van der Waals surface area contributed by atoms with Gasteiger partial charge in [0.15, 0.2) is 16.6 Å². The number of halogens is 2. The molecule has 0 aliphatic carbocycles. The standard InChI is InChI=1S/C18H14ClFN2O3S/c19-12-6-10(7-14-17(12)25-5-1-4-24-14)8-16(23)22-18-21-13-3-2-11(20)9-15(13)26-18/h2-3,6-7,9H,1,4-5,8H2,(H,21,22,23). The van der Waals surface area contributed by atoms with E-state index < -0.39 is 0 Å². The van der Waals surface area contributed by atoms with Crippen LogP contribution in [0.4, 0.5) is 9.52 Å². The number of benzene rings is 2. The average molecular weight is 393 g/mol. The maximum atomic E-state index is 13.3. The number of hydrogen-bond donors (Lipinski definition) is 1. The van der Waals surface area contributed by atoms with Crippen molar-refractivity contribution < 1.29 is 18.7 Å². The predicted octanol–water partition coefficient (Wildman–Crippen LogP) is 4.43. The summed E-state index contributed by atoms with van der Waals surface area (Å²) in [6, 6.07) is 7.78. The molecule has 1 aliphatic rings. The van der Waals surface area contributed by atoms with E-state index in [1.807, 2.05) is 0 Å². The van der Waals surface area contributed by atoms with E-state index in [2.05, 4.69) is 10.3 Å². The molecule has 2 aromatic carbocycles. The Kier molecular flexibility index (Phi) is 4.65. The Morgan fingerprint density at radius 1 is 1.27 bits per heavy atom. The summed E-state index contributed by atoms with van der Waals surface area (Å²) in [6.07, 6.45) is 0.889. The lowest BCUT2D eigenvalue weighted by Crippen LogP contribution is -2.14. The van der Waals surface area contributed by atoms with Crippen LogP contribution in [0.15, 0.2) is 30.3 Å². The van der Waals surface area contributed by atoms with Gasteiger partial charge in [-0.1, -0.05) is 22.9 Å². The summed E-state index contributed by atoms with van der Waals surface area (Å²) in [5, 5.41) is 3.59. The number of carbonyl (C=O) groups is 1. The molecule has 0 spiro atoms. The number of fused-ring (bicyclic) bond motifs is 2. The molecule has 1 N–H and O–H groups in total. The van der Waals surface area contributed by atoms with Gasteiger partial charge >= 0.3 is 0 Å². The van der Waals surface area contributed by atoms with E-state index in [0.29, 0.717) is 50.6 Å². The Balaban J connectivity index is 1.50. The molecule has 26 heavy (non-hydrogen) atoms. The largest absolute Gasteiger partial charge is 0.489 e. The first-order valence-corrected chi connectivity index (χ1v) is 9.22. The molecule has 0 radical (unpaired) electrons. The molecule has 1 aliphatic heterocycles. The molecule has 5 nitrogen and oxygen atoms in total. The molecule has 4 rings (SSSR count). The van der Waals surface area contributed by atoms with Crippen LogP contribution in [-0.2, 0) is 11.2 Å². The van der Waals surface area contributed by atoms with Gasteiger partial charge < -0.3 is 14.8 Å². The van der Waals surface area contributed by atoms with Crippen LogP contribution in [0, 0.1) is 5.82 Å². The van der Waals surface area contributed by atoms with Crippen molar-refractivity contribution in [1.29, 1.82) is 0 Å². The van der Waals surface area contributed by atoms with Crippen LogP contribution < -0.4 is 14.8 Å². The Hall–Kier alpha value is -2.38. The van der Waals surface area contributed by atoms with Gasteiger partial charge in [-0.05, 0) is 35.9 Å². The number of nitrogens with one attached hydrogen (secondary N) is 1. The van der Waals surface area contributed by atoms with Crippen molar-refractivity contribution in [2.24, 2.45) is 0 Å². The van der Waals surface area contributed by atoms with E-state index >= 15 is 0 Å². The van der Waals surface area contributed by atoms with Crippen molar-refractivity contribution in [3.63, 3.8) is 0 Å². The molecule has 1 aromatic heterocycles. The Morgan fingerprint density at radius 3 is 3.00 bits per heavy atom. The molecular formula is C18H14ClFN2O3S. The second-order valence-corrected chi connectivity index (χ2v) is 7.25. The number of hydrogen-bond acceptors (Lipinski definition) is 5. The van der Waals surface area contributed by atoms with E-state index in [4.69, 9.17) is 21.1 Å². The lowest BCUT2D eigenvalue weighted by molar-refractivity contribution is -0.115. The van der Waals surface area contributed by atoms with Crippen LogP contribution in [0.3, 0.4) is 0 Å². The number of anilines is 1. The van der Waals surface area contributed by atoms with Crippen molar-refractivity contribution in [3.8, 4) is 11.5 Å². The molecule has 0 saturated carbocycles. The van der Waals surface area contributed by atoms with E-state index in [1.165, 1.54) is 23.5 Å². The maximum absolute atomic E-state index is 13.3. The van der Waals surface area contributed by atoms with Gasteiger partial charge in [0.25, 0.3) is 0 Å². The zero-order chi connectivity index (χ0) is 18.1. The maximum Gasteiger partial charge on any atom is 0.230 e. The minimum atomic E-state index is -0.333. The highest BCUT2D eigenvalue weighted by Gasteiger charge is 2.17. The van der Waals surface area contributed by atoms with E-state index in [0.717, 1.165) is 6.42 Å². The van der Waals surface area contributed by atoms with Gasteiger partial charge in [-0.15, -0.1) is 0 Å². The fourth-order valence-corrected chi connectivity index (χ4v) is 3.88. The monoisotopic (exact) mass is 392 g/mol. The fourth-order valence-electron chi connectivity index (χ4n) is 2.69. The summed E-state index contributed by atoms with van der Waals surface area (Å²) >= 11 is 7.47. The molecular weight excluding hydrogens is 379 g/mol. The lowest BCUT2D eigenvalue weighted by atomic mass is 10.1. The average Bonchev–Trinajstić information content (AvgIpc) is 2.81. The van der Waals surface area contributed by atoms with Gasteiger partial charge in [0, 0.05) is 6.42 Å². The van der Waals surface area contributed by atoms with Gasteiger partial charge in [0.05, 0.1) is 34.9 Å². The zero-order valence-electron chi connectivity index (χ0n) is 13.6. The van der Waals surface area contributed by atoms with Crippen LogP contribution in [0.1, 0.15) is 12.0 Å². The fraction of sp³-hybridized carbons (Fsp3) is 0.222. The van der Waals surface area contributed by atoms with Gasteiger partial charge in [0.1, 0.15) is 5.82 Å². The molecule has 1 amide bonds. The second-order valence-electron chi connectivity index (χ2n) is 5.81. The summed E-state index contributed by atoms with van der Waals surface area (Å²) in [6.45, 7) is 1.09. The normalized spacial score (nSPS) is 13.5. The van der Waals surface area contributed by atoms with Gasteiger partial charge in [-0.3, -0.25) is 4.79 Å². The Morgan fingerprint density at radius 2 is 2.12 bits per heavy atom. The van der Waals surface area contributed by atoms with Crippen LogP contribution in [-0.4, -0.2) is 24.1 Å². The third kappa shape index (κ3) is 3.59. The first kappa shape index (κ1) is 17.1. The highest BCUT2D eigenvalue weighted by atomic mass is 35.5. The molecule has 134 valence electrons. The van der Waals surface area contributed by atoms with E-state index in [9.17, 15) is 9.18 Å². The smallest absolute Gasteiger partial charge is 0.230 e. The van der Waals surface area contributed by atoms with E-state index in [-0.39, 0.29) is 18.1 Å². The summed E-state index contributed by atoms with van der Waals surface area (Å²) < 4.78 is 25.2. The molecule has 0 bridgehead atoms. The summed E-state index contributed by atoms with van der Waals surface area (Å²) in [7, 11) is 0. The third-order valence-electron chi connectivity index (χ3n) is 3.82. The van der Waals surface area contributed by atoms with Crippen LogP contribution in [0.2, 0.25) is 5.02 Å². The zero-order valence-corrected chi connectivity index (χ0v) is 15.1. The number of carbonyl (C=O) groups excluding carboxylic acids is 1. The SMILES string of the molecule is O=C(Cc1cc(Cl)c2c(c1)OCCCO2)Nc1nc2ccc(F)cc2s1. The van der Waals surface area contributed by atoms with Crippen molar-refractivity contribution in [1.82, 2.24) is 4.98 Å². The first-order chi connectivity index (χ1) is 12.6. The number of amides is 1. The molecule has 2 heterocycles. The number of nitrogens with zero attached hydrogens (tertiary/aromatic N) is 1. The quantitative estimate of drug-likeness (QED) is 0.716. The number of thiazole rings is 1. The van der Waals surface area contributed by atoms with E-state index in [1.54, 1.807) is 18.2 Å². The Bertz CT molecular complexity index is 992. The molecule has 0 unspecified atom stereocenters. The molecule has 8 heteroatoms. The van der Waals surface area contributed by atoms with Crippen molar-refractivity contribution in [3.05, 3.63) is 46.7 Å². The van der Waals surface area contributed by atoms with Gasteiger partial charge in [-0.25, -0.2) is 9.37 Å². The molecule has 3 aromatic rings. The summed E-state index contributed by atoms with van der Waals surface area (Å²) in [5.74, 6) is 0.491. The van der Waals surface area contributed by atoms with Gasteiger partial charge in [-0.2, -0.15) is 0 Å². The van der Waals surface area contributed by atoms with Crippen LogP contribution >= 0.6 is 22.9 Å². The molecule has 0 saturated heterocycles. The molecule has 0 atom stereocenters. The van der Waals surface area contributed by atoms with Gasteiger partial charge in [0.2, 0.25) is 5.91 Å². The highest BCUT2D eigenvalue weighted by Crippen LogP contribution is 2.38. The number of ether oxygens (including phenoxy) is 2. The lowest BCUT2D eigenvalue weighted by Gasteiger charge is -2.11. The molecule has 0 fully saturated rings.